The number of nitrogens with one attached hydrogen (secondary N) is 2. The van der Waals surface area contributed by atoms with Crippen LogP contribution in [0, 0.1) is 0 Å². The lowest BCUT2D eigenvalue weighted by Crippen LogP contribution is -2.19. The highest BCUT2D eigenvalue weighted by atomic mass is 35.5. The number of hydrogen-bond donors (Lipinski definition) is 2. The highest BCUT2D eigenvalue weighted by Gasteiger charge is 2.23. The zero-order valence-electron chi connectivity index (χ0n) is 19.2. The van der Waals surface area contributed by atoms with E-state index in [0.717, 1.165) is 10.5 Å². The minimum absolute atomic E-state index is 0.225. The summed E-state index contributed by atoms with van der Waals surface area (Å²) < 4.78 is 5.14. The average molecular weight is 537 g/mol. The summed E-state index contributed by atoms with van der Waals surface area (Å²) in [7, 11) is 1.57. The van der Waals surface area contributed by atoms with Gasteiger partial charge in [0, 0.05) is 31.9 Å². The molecule has 0 saturated carbocycles. The molecule has 5 nitrogen and oxygen atoms in total. The minimum Gasteiger partial charge on any atom is -0.497 e. The first-order chi connectivity index (χ1) is 17.4. The normalized spacial score (nSPS) is 11.4. The quantitative estimate of drug-likeness (QED) is 0.226. The predicted octanol–water partition coefficient (Wildman–Crippen LogP) is 7.73. The number of hydrogen-bond acceptors (Lipinski definition) is 4. The molecule has 0 radical (unpaired) electrons. The smallest absolute Gasteiger partial charge is 0.255 e. The van der Waals surface area contributed by atoms with Crippen LogP contribution in [-0.2, 0) is 4.79 Å². The molecule has 0 saturated heterocycles. The molecule has 1 atom stereocenters. The summed E-state index contributed by atoms with van der Waals surface area (Å²) in [5.41, 5.74) is 2.48. The highest BCUT2D eigenvalue weighted by Crippen LogP contribution is 2.37. The van der Waals surface area contributed by atoms with E-state index in [4.69, 9.17) is 27.9 Å². The van der Waals surface area contributed by atoms with E-state index in [1.807, 2.05) is 48.5 Å². The third-order valence-electron chi connectivity index (χ3n) is 5.17. The number of carbonyl (C=O) groups excluding carboxylic acids is 2. The lowest BCUT2D eigenvalue weighted by atomic mass is 10.1. The number of methoxy groups -OCH3 is 1. The Kier molecular flexibility index (Phi) is 8.54. The molecule has 0 aliphatic rings. The first kappa shape index (κ1) is 25.6. The molecule has 0 aromatic heterocycles. The Morgan fingerprint density at radius 3 is 2.14 bits per heavy atom. The van der Waals surface area contributed by atoms with Gasteiger partial charge in [-0.15, -0.1) is 11.8 Å². The number of benzene rings is 4. The van der Waals surface area contributed by atoms with E-state index in [1.54, 1.807) is 55.6 Å². The number of carbonyl (C=O) groups is 2. The Bertz CT molecular complexity index is 1340. The maximum absolute atomic E-state index is 13.3. The van der Waals surface area contributed by atoms with Crippen molar-refractivity contribution in [2.75, 3.05) is 17.7 Å². The van der Waals surface area contributed by atoms with E-state index < -0.39 is 5.25 Å². The number of halogens is 2. The highest BCUT2D eigenvalue weighted by molar-refractivity contribution is 8.00. The monoisotopic (exact) mass is 536 g/mol. The third-order valence-corrected chi connectivity index (χ3v) is 6.85. The summed E-state index contributed by atoms with van der Waals surface area (Å²) >= 11 is 13.6. The first-order valence-corrected chi connectivity index (χ1v) is 12.6. The molecule has 0 fully saturated rings. The van der Waals surface area contributed by atoms with Crippen LogP contribution in [-0.4, -0.2) is 18.9 Å². The van der Waals surface area contributed by atoms with Gasteiger partial charge in [0.1, 0.15) is 11.0 Å². The van der Waals surface area contributed by atoms with E-state index in [9.17, 15) is 9.59 Å². The van der Waals surface area contributed by atoms with Crippen molar-refractivity contribution in [1.29, 1.82) is 0 Å². The fraction of sp³-hybridized carbons (Fsp3) is 0.0714. The molecule has 0 spiro atoms. The molecule has 8 heteroatoms. The van der Waals surface area contributed by atoms with Crippen molar-refractivity contribution in [2.45, 2.75) is 10.1 Å². The van der Waals surface area contributed by atoms with E-state index >= 15 is 0 Å². The number of rotatable bonds is 8. The van der Waals surface area contributed by atoms with Gasteiger partial charge in [0.25, 0.3) is 5.91 Å². The summed E-state index contributed by atoms with van der Waals surface area (Å²) in [6.07, 6.45) is 0. The SMILES string of the molecule is COc1ccc(C(=O)Nc2cccc(SC(C(=O)Nc3cc(Cl)cc(Cl)c3)c3ccccc3)c2)cc1. The summed E-state index contributed by atoms with van der Waals surface area (Å²) in [6.45, 7) is 0. The summed E-state index contributed by atoms with van der Waals surface area (Å²) in [5, 5.41) is 6.13. The molecule has 4 aromatic rings. The molecule has 1 unspecified atom stereocenters. The van der Waals surface area contributed by atoms with Gasteiger partial charge in [0.2, 0.25) is 5.91 Å². The van der Waals surface area contributed by atoms with Crippen molar-refractivity contribution in [3.8, 4) is 5.75 Å². The van der Waals surface area contributed by atoms with Crippen LogP contribution in [0.5, 0.6) is 5.75 Å². The van der Waals surface area contributed by atoms with Crippen LogP contribution in [0.25, 0.3) is 0 Å². The van der Waals surface area contributed by atoms with Crippen LogP contribution in [0.1, 0.15) is 21.2 Å². The Morgan fingerprint density at radius 2 is 1.47 bits per heavy atom. The number of ether oxygens (including phenoxy) is 1. The van der Waals surface area contributed by atoms with Crippen LogP contribution in [0.15, 0.2) is 102 Å². The van der Waals surface area contributed by atoms with Crippen molar-refractivity contribution in [3.63, 3.8) is 0 Å². The van der Waals surface area contributed by atoms with Gasteiger partial charge in [0.05, 0.1) is 7.11 Å². The number of thioether (sulfide) groups is 1. The molecule has 0 aliphatic heterocycles. The summed E-state index contributed by atoms with van der Waals surface area (Å²) in [4.78, 5) is 26.8. The molecule has 2 amide bonds. The van der Waals surface area contributed by atoms with E-state index in [2.05, 4.69) is 10.6 Å². The first-order valence-electron chi connectivity index (χ1n) is 11.0. The van der Waals surface area contributed by atoms with Crippen molar-refractivity contribution < 1.29 is 14.3 Å². The zero-order chi connectivity index (χ0) is 25.5. The lowest BCUT2D eigenvalue weighted by Gasteiger charge is -2.18. The summed E-state index contributed by atoms with van der Waals surface area (Å²) in [5.74, 6) is 0.211. The Labute approximate surface area is 223 Å². The second-order valence-electron chi connectivity index (χ2n) is 7.77. The van der Waals surface area contributed by atoms with Gasteiger partial charge in [-0.2, -0.15) is 0 Å². The molecule has 2 N–H and O–H groups in total. The fourth-order valence-corrected chi connectivity index (χ4v) is 5.07. The van der Waals surface area contributed by atoms with Crippen LogP contribution >= 0.6 is 35.0 Å². The predicted molar refractivity (Wildman–Crippen MR) is 148 cm³/mol. The standard InChI is InChI=1S/C28H22Cl2N2O3S/c1-35-24-12-10-19(11-13-24)27(33)31-22-8-5-9-25(17-22)36-26(18-6-3-2-4-7-18)28(34)32-23-15-20(29)14-21(30)16-23/h2-17,26H,1H3,(H,31,33)(H,32,34). The molecule has 0 heterocycles. The molecule has 182 valence electrons. The van der Waals surface area contributed by atoms with Crippen LogP contribution < -0.4 is 15.4 Å². The summed E-state index contributed by atoms with van der Waals surface area (Å²) in [6, 6.07) is 28.6. The van der Waals surface area contributed by atoms with E-state index in [0.29, 0.717) is 32.7 Å². The van der Waals surface area contributed by atoms with Gasteiger partial charge < -0.3 is 15.4 Å². The van der Waals surface area contributed by atoms with Crippen LogP contribution in [0.2, 0.25) is 10.0 Å². The molecule has 0 aliphatic carbocycles. The number of anilines is 2. The van der Waals surface area contributed by atoms with Gasteiger partial charge >= 0.3 is 0 Å². The van der Waals surface area contributed by atoms with Gasteiger partial charge in [0.15, 0.2) is 0 Å². The molecule has 4 aromatic carbocycles. The molecule has 0 bridgehead atoms. The van der Waals surface area contributed by atoms with Crippen molar-refractivity contribution in [2.24, 2.45) is 0 Å². The van der Waals surface area contributed by atoms with Crippen LogP contribution in [0.3, 0.4) is 0 Å². The second kappa shape index (κ2) is 12.0. The van der Waals surface area contributed by atoms with Crippen molar-refractivity contribution in [1.82, 2.24) is 0 Å². The average Bonchev–Trinajstić information content (AvgIpc) is 2.87. The topological polar surface area (TPSA) is 67.4 Å². The minimum atomic E-state index is -0.559. The lowest BCUT2D eigenvalue weighted by molar-refractivity contribution is -0.115. The van der Waals surface area contributed by atoms with Gasteiger partial charge in [-0.3, -0.25) is 9.59 Å². The Morgan fingerprint density at radius 1 is 0.778 bits per heavy atom. The molecule has 4 rings (SSSR count). The van der Waals surface area contributed by atoms with Crippen LogP contribution in [0.4, 0.5) is 11.4 Å². The van der Waals surface area contributed by atoms with Crippen molar-refractivity contribution in [3.05, 3.63) is 118 Å². The molecular weight excluding hydrogens is 515 g/mol. The van der Waals surface area contributed by atoms with E-state index in [1.165, 1.54) is 11.8 Å². The fourth-order valence-electron chi connectivity index (χ4n) is 3.46. The number of amides is 2. The maximum Gasteiger partial charge on any atom is 0.255 e. The zero-order valence-corrected chi connectivity index (χ0v) is 21.5. The van der Waals surface area contributed by atoms with E-state index in [-0.39, 0.29) is 11.8 Å². The molecule has 36 heavy (non-hydrogen) atoms. The second-order valence-corrected chi connectivity index (χ2v) is 9.82. The Balaban J connectivity index is 1.53. The Hall–Kier alpha value is -3.45. The molecular formula is C28H22Cl2N2O3S. The third kappa shape index (κ3) is 6.82. The van der Waals surface area contributed by atoms with Gasteiger partial charge in [-0.05, 0) is 66.2 Å². The van der Waals surface area contributed by atoms with Gasteiger partial charge in [-0.1, -0.05) is 59.6 Å². The largest absolute Gasteiger partial charge is 0.497 e. The van der Waals surface area contributed by atoms with Gasteiger partial charge in [-0.25, -0.2) is 0 Å². The maximum atomic E-state index is 13.3. The van der Waals surface area contributed by atoms with Crippen molar-refractivity contribution >= 4 is 58.2 Å².